The molecule has 1 rings (SSSR count). The van der Waals surface area contributed by atoms with Crippen molar-refractivity contribution in [1.29, 1.82) is 0 Å². The summed E-state index contributed by atoms with van der Waals surface area (Å²) in [6, 6.07) is 2.98. The number of halogens is 1. The minimum absolute atomic E-state index is 0.352. The number of carbonyl (C=O) groups excluding carboxylic acids is 2. The number of ether oxygens (including phenoxy) is 1. The number of primary amides is 1. The topological polar surface area (TPSA) is 81.4 Å². The molecule has 0 aliphatic rings. The SMILES string of the molecule is CC(C)(C)OC(=O)N[C@@H](Cc1ccc(Br)s1)C(N)=O. The van der Waals surface area contributed by atoms with Crippen LogP contribution in [0, 0.1) is 0 Å². The van der Waals surface area contributed by atoms with E-state index in [4.69, 9.17) is 10.5 Å². The molecule has 0 spiro atoms. The van der Waals surface area contributed by atoms with Crippen LogP contribution in [-0.4, -0.2) is 23.6 Å². The molecule has 0 aliphatic carbocycles. The standard InChI is InChI=1S/C12H17BrN2O3S/c1-12(2,3)18-11(17)15-8(10(14)16)6-7-4-5-9(13)19-7/h4-5,8H,6H2,1-3H3,(H2,14,16)(H,15,17)/t8-/m0/s1. The van der Waals surface area contributed by atoms with Gasteiger partial charge >= 0.3 is 6.09 Å². The third kappa shape index (κ3) is 6.07. The summed E-state index contributed by atoms with van der Waals surface area (Å²) in [4.78, 5) is 23.9. The second-order valence-electron chi connectivity index (χ2n) is 5.01. The summed E-state index contributed by atoms with van der Waals surface area (Å²) in [6.45, 7) is 5.26. The molecule has 1 aromatic heterocycles. The molecular formula is C12H17BrN2O3S. The highest BCUT2D eigenvalue weighted by Crippen LogP contribution is 2.23. The van der Waals surface area contributed by atoms with E-state index in [1.54, 1.807) is 20.8 Å². The largest absolute Gasteiger partial charge is 0.444 e. The van der Waals surface area contributed by atoms with Gasteiger partial charge < -0.3 is 15.8 Å². The summed E-state index contributed by atoms with van der Waals surface area (Å²) in [7, 11) is 0. The van der Waals surface area contributed by atoms with E-state index in [-0.39, 0.29) is 0 Å². The van der Waals surface area contributed by atoms with Gasteiger partial charge in [0.25, 0.3) is 0 Å². The van der Waals surface area contributed by atoms with Gasteiger partial charge in [-0.1, -0.05) is 0 Å². The molecule has 1 atom stereocenters. The maximum atomic E-state index is 11.6. The van der Waals surface area contributed by atoms with Gasteiger partial charge in [0.1, 0.15) is 11.6 Å². The molecule has 1 aromatic rings. The first-order valence-corrected chi connectivity index (χ1v) is 7.31. The van der Waals surface area contributed by atoms with Crippen LogP contribution in [0.2, 0.25) is 0 Å². The van der Waals surface area contributed by atoms with E-state index in [0.29, 0.717) is 6.42 Å². The number of nitrogens with two attached hydrogens (primary N) is 1. The molecule has 0 aliphatic heterocycles. The molecule has 0 aromatic carbocycles. The lowest BCUT2D eigenvalue weighted by Crippen LogP contribution is -2.47. The molecule has 3 N–H and O–H groups in total. The fourth-order valence-corrected chi connectivity index (χ4v) is 2.86. The highest BCUT2D eigenvalue weighted by molar-refractivity contribution is 9.11. The van der Waals surface area contributed by atoms with Crippen molar-refractivity contribution in [2.24, 2.45) is 5.73 Å². The lowest BCUT2D eigenvalue weighted by Gasteiger charge is -2.22. The van der Waals surface area contributed by atoms with Crippen LogP contribution in [0.15, 0.2) is 15.9 Å². The van der Waals surface area contributed by atoms with Crippen molar-refractivity contribution >= 4 is 39.3 Å². The van der Waals surface area contributed by atoms with Gasteiger partial charge in [-0.25, -0.2) is 4.79 Å². The van der Waals surface area contributed by atoms with Gasteiger partial charge in [0.15, 0.2) is 0 Å². The Hall–Kier alpha value is -1.08. The number of carbonyl (C=O) groups is 2. The van der Waals surface area contributed by atoms with Crippen LogP contribution in [0.25, 0.3) is 0 Å². The van der Waals surface area contributed by atoms with Crippen LogP contribution in [-0.2, 0) is 16.0 Å². The highest BCUT2D eigenvalue weighted by atomic mass is 79.9. The van der Waals surface area contributed by atoms with Crippen LogP contribution in [0.5, 0.6) is 0 Å². The number of hydrogen-bond acceptors (Lipinski definition) is 4. The Kier molecular flexibility index (Phi) is 5.37. The summed E-state index contributed by atoms with van der Waals surface area (Å²) in [5.74, 6) is -0.588. The normalized spacial score (nSPS) is 12.8. The molecule has 1 heterocycles. The number of alkyl carbamates (subject to hydrolysis) is 1. The van der Waals surface area contributed by atoms with Gasteiger partial charge in [-0.15, -0.1) is 11.3 Å². The van der Waals surface area contributed by atoms with Crippen molar-refractivity contribution in [1.82, 2.24) is 5.32 Å². The van der Waals surface area contributed by atoms with E-state index >= 15 is 0 Å². The zero-order valence-electron chi connectivity index (χ0n) is 11.0. The van der Waals surface area contributed by atoms with Crippen molar-refractivity contribution in [3.63, 3.8) is 0 Å². The van der Waals surface area contributed by atoms with Gasteiger partial charge in [-0.05, 0) is 48.8 Å². The summed E-state index contributed by atoms with van der Waals surface area (Å²) < 4.78 is 6.06. The molecule has 0 bridgehead atoms. The smallest absolute Gasteiger partial charge is 0.408 e. The average Bonchev–Trinajstić information content (AvgIpc) is 2.60. The zero-order valence-corrected chi connectivity index (χ0v) is 13.4. The molecular weight excluding hydrogens is 332 g/mol. The Bertz CT molecular complexity index is 468. The van der Waals surface area contributed by atoms with Crippen molar-refractivity contribution in [2.45, 2.75) is 38.8 Å². The summed E-state index contributed by atoms with van der Waals surface area (Å²) in [6.07, 6.45) is -0.294. The molecule has 0 unspecified atom stereocenters. The van der Waals surface area contributed by atoms with E-state index in [1.807, 2.05) is 12.1 Å². The second kappa shape index (κ2) is 6.38. The number of nitrogens with one attached hydrogen (secondary N) is 1. The van der Waals surface area contributed by atoms with E-state index < -0.39 is 23.6 Å². The summed E-state index contributed by atoms with van der Waals surface area (Å²) >= 11 is 4.83. The summed E-state index contributed by atoms with van der Waals surface area (Å²) in [5.41, 5.74) is 4.67. The van der Waals surface area contributed by atoms with E-state index in [9.17, 15) is 9.59 Å². The average molecular weight is 349 g/mol. The van der Waals surface area contributed by atoms with E-state index in [0.717, 1.165) is 8.66 Å². The molecule has 106 valence electrons. The third-order valence-corrected chi connectivity index (χ3v) is 3.71. The molecule has 0 saturated heterocycles. The monoisotopic (exact) mass is 348 g/mol. The molecule has 2 amide bonds. The first-order valence-electron chi connectivity index (χ1n) is 5.70. The molecule has 0 radical (unpaired) electrons. The number of thiophene rings is 1. The molecule has 7 heteroatoms. The van der Waals surface area contributed by atoms with E-state index in [2.05, 4.69) is 21.2 Å². The van der Waals surface area contributed by atoms with Crippen molar-refractivity contribution in [2.75, 3.05) is 0 Å². The third-order valence-electron chi connectivity index (χ3n) is 2.07. The van der Waals surface area contributed by atoms with Gasteiger partial charge in [0, 0.05) is 11.3 Å². The van der Waals surface area contributed by atoms with Gasteiger partial charge in [0.2, 0.25) is 5.91 Å². The Balaban J connectivity index is 2.63. The van der Waals surface area contributed by atoms with E-state index in [1.165, 1.54) is 11.3 Å². The molecule has 5 nitrogen and oxygen atoms in total. The number of rotatable bonds is 4. The van der Waals surface area contributed by atoms with Gasteiger partial charge in [-0.2, -0.15) is 0 Å². The van der Waals surface area contributed by atoms with Crippen molar-refractivity contribution in [3.8, 4) is 0 Å². The molecule has 19 heavy (non-hydrogen) atoms. The second-order valence-corrected chi connectivity index (χ2v) is 7.56. The minimum Gasteiger partial charge on any atom is -0.444 e. The van der Waals surface area contributed by atoms with Crippen LogP contribution in [0.1, 0.15) is 25.6 Å². The first-order chi connectivity index (χ1) is 8.67. The minimum atomic E-state index is -0.777. The fourth-order valence-electron chi connectivity index (χ4n) is 1.34. The van der Waals surface area contributed by atoms with Crippen LogP contribution in [0.4, 0.5) is 4.79 Å². The Morgan fingerprint density at radius 3 is 2.53 bits per heavy atom. The maximum Gasteiger partial charge on any atom is 0.408 e. The number of amides is 2. The predicted octanol–water partition coefficient (Wildman–Crippen LogP) is 2.43. The van der Waals surface area contributed by atoms with Crippen LogP contribution in [0.3, 0.4) is 0 Å². The quantitative estimate of drug-likeness (QED) is 0.876. The summed E-state index contributed by atoms with van der Waals surface area (Å²) in [5, 5.41) is 2.49. The van der Waals surface area contributed by atoms with Gasteiger partial charge in [-0.3, -0.25) is 4.79 Å². The van der Waals surface area contributed by atoms with Crippen LogP contribution >= 0.6 is 27.3 Å². The van der Waals surface area contributed by atoms with Crippen molar-refractivity contribution < 1.29 is 14.3 Å². The Labute approximate surface area is 124 Å². The zero-order chi connectivity index (χ0) is 14.6. The lowest BCUT2D eigenvalue weighted by atomic mass is 10.1. The predicted molar refractivity (Wildman–Crippen MR) is 78.1 cm³/mol. The lowest BCUT2D eigenvalue weighted by molar-refractivity contribution is -0.120. The van der Waals surface area contributed by atoms with Gasteiger partial charge in [0.05, 0.1) is 3.79 Å². The molecule has 0 saturated carbocycles. The Morgan fingerprint density at radius 1 is 1.47 bits per heavy atom. The van der Waals surface area contributed by atoms with Crippen LogP contribution < -0.4 is 11.1 Å². The highest BCUT2D eigenvalue weighted by Gasteiger charge is 2.23. The van der Waals surface area contributed by atoms with Crippen molar-refractivity contribution in [3.05, 3.63) is 20.8 Å². The molecule has 0 fully saturated rings. The number of hydrogen-bond donors (Lipinski definition) is 2. The Morgan fingerprint density at radius 2 is 2.11 bits per heavy atom. The fraction of sp³-hybridized carbons (Fsp3) is 0.500. The maximum absolute atomic E-state index is 11.6. The first kappa shape index (κ1) is 16.0.